The van der Waals surface area contributed by atoms with Crippen LogP contribution < -0.4 is 11.5 Å². The number of ketones is 1. The predicted octanol–water partition coefficient (Wildman–Crippen LogP) is 0.116. The van der Waals surface area contributed by atoms with Gasteiger partial charge < -0.3 is 11.5 Å². The molecule has 0 bridgehead atoms. The summed E-state index contributed by atoms with van der Waals surface area (Å²) in [5, 5.41) is 0. The van der Waals surface area contributed by atoms with E-state index in [1.54, 1.807) is 6.07 Å². The van der Waals surface area contributed by atoms with E-state index in [4.69, 9.17) is 11.5 Å². The Labute approximate surface area is 88.9 Å². The Bertz CT molecular complexity index is 302. The first kappa shape index (κ1) is 11.7. The van der Waals surface area contributed by atoms with Crippen molar-refractivity contribution in [1.29, 1.82) is 0 Å². The van der Waals surface area contributed by atoms with E-state index >= 15 is 0 Å². The SMILES string of the molecule is NCCCCC(N)C(=O)c1ncccn1. The molecule has 0 aliphatic carbocycles. The second-order valence-electron chi connectivity index (χ2n) is 3.33. The molecule has 1 rings (SSSR count). The molecule has 5 nitrogen and oxygen atoms in total. The Morgan fingerprint density at radius 3 is 2.60 bits per heavy atom. The van der Waals surface area contributed by atoms with Gasteiger partial charge in [0.1, 0.15) is 0 Å². The molecule has 0 saturated heterocycles. The molecule has 0 aromatic carbocycles. The van der Waals surface area contributed by atoms with E-state index in [0.717, 1.165) is 12.8 Å². The molecule has 0 fully saturated rings. The number of nitrogens with two attached hydrogens (primary N) is 2. The Morgan fingerprint density at radius 1 is 1.33 bits per heavy atom. The van der Waals surface area contributed by atoms with Crippen LogP contribution in [0.2, 0.25) is 0 Å². The molecule has 0 aliphatic heterocycles. The van der Waals surface area contributed by atoms with Gasteiger partial charge in [0.05, 0.1) is 6.04 Å². The van der Waals surface area contributed by atoms with Crippen LogP contribution in [0.1, 0.15) is 29.9 Å². The van der Waals surface area contributed by atoms with Crippen LogP contribution in [0.5, 0.6) is 0 Å². The van der Waals surface area contributed by atoms with Crippen molar-refractivity contribution in [3.05, 3.63) is 24.3 Å². The van der Waals surface area contributed by atoms with Crippen LogP contribution in [-0.2, 0) is 0 Å². The summed E-state index contributed by atoms with van der Waals surface area (Å²) in [7, 11) is 0. The standard InChI is InChI=1S/C10H16N4O/c11-5-2-1-4-8(12)9(15)10-13-6-3-7-14-10/h3,6-8H,1-2,4-5,11-12H2. The van der Waals surface area contributed by atoms with Crippen molar-refractivity contribution < 1.29 is 4.79 Å². The molecule has 0 aliphatic rings. The van der Waals surface area contributed by atoms with Gasteiger partial charge in [0, 0.05) is 12.4 Å². The van der Waals surface area contributed by atoms with Crippen molar-refractivity contribution in [2.45, 2.75) is 25.3 Å². The van der Waals surface area contributed by atoms with Gasteiger partial charge in [0.15, 0.2) is 5.82 Å². The quantitative estimate of drug-likeness (QED) is 0.511. The minimum Gasteiger partial charge on any atom is -0.330 e. The number of carbonyl (C=O) groups excluding carboxylic acids is 1. The Morgan fingerprint density at radius 2 is 2.00 bits per heavy atom. The van der Waals surface area contributed by atoms with E-state index < -0.39 is 6.04 Å². The molecule has 5 heteroatoms. The van der Waals surface area contributed by atoms with E-state index in [2.05, 4.69) is 9.97 Å². The van der Waals surface area contributed by atoms with Gasteiger partial charge in [-0.3, -0.25) is 4.79 Å². The summed E-state index contributed by atoms with van der Waals surface area (Å²) in [5.41, 5.74) is 11.1. The number of nitrogens with zero attached hydrogens (tertiary/aromatic N) is 2. The van der Waals surface area contributed by atoms with Gasteiger partial charge in [-0.05, 0) is 25.5 Å². The van der Waals surface area contributed by atoms with Crippen molar-refractivity contribution in [3.8, 4) is 0 Å². The zero-order chi connectivity index (χ0) is 11.1. The fourth-order valence-corrected chi connectivity index (χ4v) is 1.23. The summed E-state index contributed by atoms with van der Waals surface area (Å²) >= 11 is 0. The average molecular weight is 208 g/mol. The first-order valence-electron chi connectivity index (χ1n) is 5.02. The van der Waals surface area contributed by atoms with Crippen LogP contribution >= 0.6 is 0 Å². The van der Waals surface area contributed by atoms with Gasteiger partial charge in [-0.1, -0.05) is 6.42 Å². The van der Waals surface area contributed by atoms with E-state index in [1.807, 2.05) is 0 Å². The van der Waals surface area contributed by atoms with Crippen LogP contribution in [0.4, 0.5) is 0 Å². The monoisotopic (exact) mass is 208 g/mol. The molecule has 1 aromatic rings. The van der Waals surface area contributed by atoms with E-state index in [-0.39, 0.29) is 11.6 Å². The van der Waals surface area contributed by atoms with Crippen molar-refractivity contribution in [2.75, 3.05) is 6.54 Å². The van der Waals surface area contributed by atoms with Crippen molar-refractivity contribution in [3.63, 3.8) is 0 Å². The molecule has 1 unspecified atom stereocenters. The summed E-state index contributed by atoms with van der Waals surface area (Å²) in [4.78, 5) is 19.4. The fraction of sp³-hybridized carbons (Fsp3) is 0.500. The first-order chi connectivity index (χ1) is 7.25. The van der Waals surface area contributed by atoms with Crippen LogP contribution in [-0.4, -0.2) is 28.3 Å². The molecule has 82 valence electrons. The highest BCUT2D eigenvalue weighted by atomic mass is 16.1. The zero-order valence-electron chi connectivity index (χ0n) is 8.60. The molecular weight excluding hydrogens is 192 g/mol. The molecule has 1 atom stereocenters. The van der Waals surface area contributed by atoms with Crippen molar-refractivity contribution in [2.24, 2.45) is 11.5 Å². The second-order valence-corrected chi connectivity index (χ2v) is 3.33. The minimum atomic E-state index is -0.515. The fourth-order valence-electron chi connectivity index (χ4n) is 1.23. The number of Topliss-reactive ketones (excluding diaryl/α,β-unsaturated/α-hetero) is 1. The van der Waals surface area contributed by atoms with Crippen LogP contribution in [0.25, 0.3) is 0 Å². The molecule has 1 aromatic heterocycles. The lowest BCUT2D eigenvalue weighted by Gasteiger charge is -2.08. The van der Waals surface area contributed by atoms with Gasteiger partial charge in [0.2, 0.25) is 5.78 Å². The third-order valence-corrected chi connectivity index (χ3v) is 2.09. The smallest absolute Gasteiger partial charge is 0.216 e. The second kappa shape index (κ2) is 6.21. The van der Waals surface area contributed by atoms with Crippen LogP contribution in [0.15, 0.2) is 18.5 Å². The highest BCUT2D eigenvalue weighted by Crippen LogP contribution is 2.02. The number of hydrogen-bond acceptors (Lipinski definition) is 5. The predicted molar refractivity (Wildman–Crippen MR) is 57.2 cm³/mol. The highest BCUT2D eigenvalue weighted by Gasteiger charge is 2.17. The largest absolute Gasteiger partial charge is 0.330 e. The molecule has 0 amide bonds. The van der Waals surface area contributed by atoms with Crippen molar-refractivity contribution in [1.82, 2.24) is 9.97 Å². The van der Waals surface area contributed by atoms with Crippen LogP contribution in [0, 0.1) is 0 Å². The number of carbonyl (C=O) groups is 1. The number of unbranched alkanes of at least 4 members (excludes halogenated alkanes) is 1. The molecular formula is C10H16N4O. The average Bonchev–Trinajstić information content (AvgIpc) is 2.29. The van der Waals surface area contributed by atoms with Gasteiger partial charge in [0.25, 0.3) is 0 Å². The van der Waals surface area contributed by atoms with E-state index in [1.165, 1.54) is 12.4 Å². The van der Waals surface area contributed by atoms with Gasteiger partial charge in [-0.2, -0.15) is 0 Å². The molecule has 0 saturated carbocycles. The minimum absolute atomic E-state index is 0.192. The number of aromatic nitrogens is 2. The summed E-state index contributed by atoms with van der Waals surface area (Å²) in [5.74, 6) is -0.00892. The highest BCUT2D eigenvalue weighted by molar-refractivity contribution is 5.96. The lowest BCUT2D eigenvalue weighted by Crippen LogP contribution is -2.31. The van der Waals surface area contributed by atoms with Crippen molar-refractivity contribution >= 4 is 5.78 Å². The maximum Gasteiger partial charge on any atom is 0.216 e. The van der Waals surface area contributed by atoms with E-state index in [9.17, 15) is 4.79 Å². The zero-order valence-corrected chi connectivity index (χ0v) is 8.60. The number of hydrogen-bond donors (Lipinski definition) is 2. The van der Waals surface area contributed by atoms with E-state index in [0.29, 0.717) is 13.0 Å². The molecule has 1 heterocycles. The first-order valence-corrected chi connectivity index (χ1v) is 5.02. The maximum absolute atomic E-state index is 11.7. The summed E-state index contributed by atoms with van der Waals surface area (Å²) in [6.07, 6.45) is 5.45. The summed E-state index contributed by atoms with van der Waals surface area (Å²) in [6, 6.07) is 1.15. The van der Waals surface area contributed by atoms with Crippen LogP contribution in [0.3, 0.4) is 0 Å². The molecule has 0 spiro atoms. The summed E-state index contributed by atoms with van der Waals surface area (Å²) < 4.78 is 0. The maximum atomic E-state index is 11.7. The Balaban J connectivity index is 2.46. The normalized spacial score (nSPS) is 12.4. The molecule has 0 radical (unpaired) electrons. The van der Waals surface area contributed by atoms with Gasteiger partial charge in [-0.15, -0.1) is 0 Å². The third kappa shape index (κ3) is 3.73. The lowest BCUT2D eigenvalue weighted by molar-refractivity contribution is 0.0945. The topological polar surface area (TPSA) is 94.9 Å². The molecule has 15 heavy (non-hydrogen) atoms. The Hall–Kier alpha value is -1.33. The number of rotatable bonds is 6. The Kier molecular flexibility index (Phi) is 4.86. The lowest BCUT2D eigenvalue weighted by atomic mass is 10.1. The summed E-state index contributed by atoms with van der Waals surface area (Å²) in [6.45, 7) is 0.628. The van der Waals surface area contributed by atoms with Gasteiger partial charge in [-0.25, -0.2) is 9.97 Å². The molecule has 4 N–H and O–H groups in total. The van der Waals surface area contributed by atoms with Gasteiger partial charge >= 0.3 is 0 Å². The third-order valence-electron chi connectivity index (χ3n) is 2.09.